The quantitative estimate of drug-likeness (QED) is 0.680. The number of benzene rings is 1. The Balaban J connectivity index is 2.20. The Labute approximate surface area is 91.5 Å². The third-order valence-electron chi connectivity index (χ3n) is 3.22. The van der Waals surface area contributed by atoms with E-state index >= 15 is 0 Å². The smallest absolute Gasteiger partial charge is 0.134 e. The Morgan fingerprint density at radius 2 is 1.87 bits per heavy atom. The molecular weight excluding hydrogens is 184 g/mol. The molecule has 0 aromatic heterocycles. The van der Waals surface area contributed by atoms with Crippen LogP contribution in [0.3, 0.4) is 0 Å². The summed E-state index contributed by atoms with van der Waals surface area (Å²) in [5, 5.41) is 0. The van der Waals surface area contributed by atoms with Crippen LogP contribution >= 0.6 is 0 Å². The minimum atomic E-state index is 0.176. The van der Waals surface area contributed by atoms with E-state index in [0.29, 0.717) is 11.7 Å². The number of ketones is 1. The van der Waals surface area contributed by atoms with Crippen molar-refractivity contribution in [2.75, 3.05) is 0 Å². The molecule has 0 spiro atoms. The fraction of sp³-hybridized carbons (Fsp3) is 0.500. The summed E-state index contributed by atoms with van der Waals surface area (Å²) in [7, 11) is 0. The van der Waals surface area contributed by atoms with Gasteiger partial charge in [-0.3, -0.25) is 4.79 Å². The van der Waals surface area contributed by atoms with Gasteiger partial charge < -0.3 is 0 Å². The lowest BCUT2D eigenvalue weighted by molar-refractivity contribution is -0.123. The molecule has 1 saturated carbocycles. The summed E-state index contributed by atoms with van der Waals surface area (Å²) in [6.45, 7) is 4.39. The van der Waals surface area contributed by atoms with Crippen molar-refractivity contribution in [3.05, 3.63) is 35.9 Å². The SMILES string of the molecule is CC1(C)CC(=O)CC(c2ccccc2)C1. The van der Waals surface area contributed by atoms with Gasteiger partial charge in [-0.1, -0.05) is 44.2 Å². The van der Waals surface area contributed by atoms with Crippen LogP contribution in [0.1, 0.15) is 44.6 Å². The number of rotatable bonds is 1. The zero-order chi connectivity index (χ0) is 10.9. The molecule has 0 radical (unpaired) electrons. The number of hydrogen-bond donors (Lipinski definition) is 0. The third-order valence-corrected chi connectivity index (χ3v) is 3.22. The second kappa shape index (κ2) is 3.80. The van der Waals surface area contributed by atoms with E-state index in [2.05, 4.69) is 38.1 Å². The van der Waals surface area contributed by atoms with E-state index in [1.807, 2.05) is 6.07 Å². The minimum Gasteiger partial charge on any atom is -0.300 e. The highest BCUT2D eigenvalue weighted by Crippen LogP contribution is 2.41. The molecule has 0 heterocycles. The molecule has 1 aliphatic rings. The molecule has 15 heavy (non-hydrogen) atoms. The predicted octanol–water partition coefficient (Wildman–Crippen LogP) is 3.55. The van der Waals surface area contributed by atoms with Crippen LogP contribution in [0.5, 0.6) is 0 Å². The maximum absolute atomic E-state index is 11.7. The molecule has 2 rings (SSSR count). The van der Waals surface area contributed by atoms with E-state index in [-0.39, 0.29) is 5.41 Å². The first-order valence-corrected chi connectivity index (χ1v) is 5.63. The molecule has 1 nitrogen and oxygen atoms in total. The van der Waals surface area contributed by atoms with Crippen molar-refractivity contribution in [2.45, 2.75) is 39.0 Å². The Bertz CT molecular complexity index is 351. The molecule has 0 N–H and O–H groups in total. The van der Waals surface area contributed by atoms with Gasteiger partial charge in [0, 0.05) is 12.8 Å². The zero-order valence-corrected chi connectivity index (χ0v) is 9.49. The maximum Gasteiger partial charge on any atom is 0.134 e. The van der Waals surface area contributed by atoms with Crippen LogP contribution in [-0.2, 0) is 4.79 Å². The van der Waals surface area contributed by atoms with Crippen LogP contribution < -0.4 is 0 Å². The fourth-order valence-electron chi connectivity index (χ4n) is 2.65. The topological polar surface area (TPSA) is 17.1 Å². The number of carbonyl (C=O) groups excluding carboxylic acids is 1. The van der Waals surface area contributed by atoms with E-state index in [9.17, 15) is 4.79 Å². The highest BCUT2D eigenvalue weighted by molar-refractivity contribution is 5.81. The van der Waals surface area contributed by atoms with Crippen LogP contribution in [0.25, 0.3) is 0 Å². The average molecular weight is 202 g/mol. The summed E-state index contributed by atoms with van der Waals surface area (Å²) in [6.07, 6.45) is 2.60. The number of hydrogen-bond acceptors (Lipinski definition) is 1. The fourth-order valence-corrected chi connectivity index (χ4v) is 2.65. The van der Waals surface area contributed by atoms with E-state index in [4.69, 9.17) is 0 Å². The summed E-state index contributed by atoms with van der Waals surface area (Å²) in [4.78, 5) is 11.7. The first-order valence-electron chi connectivity index (χ1n) is 5.63. The minimum absolute atomic E-state index is 0.176. The van der Waals surface area contributed by atoms with Gasteiger partial charge in [0.2, 0.25) is 0 Å². The molecule has 0 amide bonds. The van der Waals surface area contributed by atoms with Gasteiger partial charge in [0.15, 0.2) is 0 Å². The third kappa shape index (κ3) is 2.47. The average Bonchev–Trinajstić information content (AvgIpc) is 2.16. The molecule has 0 bridgehead atoms. The van der Waals surface area contributed by atoms with Gasteiger partial charge in [0.25, 0.3) is 0 Å². The van der Waals surface area contributed by atoms with Crippen molar-refractivity contribution in [3.63, 3.8) is 0 Å². The first-order chi connectivity index (χ1) is 7.07. The molecule has 1 aromatic carbocycles. The summed E-state index contributed by atoms with van der Waals surface area (Å²) >= 11 is 0. The van der Waals surface area contributed by atoms with Crippen molar-refractivity contribution >= 4 is 5.78 Å². The van der Waals surface area contributed by atoms with Gasteiger partial charge in [-0.25, -0.2) is 0 Å². The molecule has 0 aliphatic heterocycles. The van der Waals surface area contributed by atoms with Crippen molar-refractivity contribution in [1.29, 1.82) is 0 Å². The van der Waals surface area contributed by atoms with Gasteiger partial charge in [-0.2, -0.15) is 0 Å². The number of Topliss-reactive ketones (excluding diaryl/α,β-unsaturated/α-hetero) is 1. The highest BCUT2D eigenvalue weighted by atomic mass is 16.1. The Hall–Kier alpha value is -1.11. The second-order valence-electron chi connectivity index (χ2n) is 5.40. The predicted molar refractivity (Wildman–Crippen MR) is 61.8 cm³/mol. The van der Waals surface area contributed by atoms with E-state index < -0.39 is 0 Å². The lowest BCUT2D eigenvalue weighted by atomic mass is 9.70. The van der Waals surface area contributed by atoms with Crippen molar-refractivity contribution in [3.8, 4) is 0 Å². The van der Waals surface area contributed by atoms with Crippen molar-refractivity contribution in [2.24, 2.45) is 5.41 Å². The van der Waals surface area contributed by atoms with Crippen LogP contribution in [0.4, 0.5) is 0 Å². The monoisotopic (exact) mass is 202 g/mol. The van der Waals surface area contributed by atoms with Crippen molar-refractivity contribution in [1.82, 2.24) is 0 Å². The number of carbonyl (C=O) groups is 1. The molecule has 1 aliphatic carbocycles. The Morgan fingerprint density at radius 1 is 1.20 bits per heavy atom. The first kappa shape index (κ1) is 10.4. The van der Waals surface area contributed by atoms with Gasteiger partial charge in [-0.15, -0.1) is 0 Å². The zero-order valence-electron chi connectivity index (χ0n) is 9.49. The Morgan fingerprint density at radius 3 is 2.47 bits per heavy atom. The van der Waals surface area contributed by atoms with Crippen LogP contribution in [0.2, 0.25) is 0 Å². The van der Waals surface area contributed by atoms with Crippen LogP contribution in [0.15, 0.2) is 30.3 Å². The van der Waals surface area contributed by atoms with Crippen LogP contribution in [-0.4, -0.2) is 5.78 Å². The summed E-state index contributed by atoms with van der Waals surface area (Å²) in [5.41, 5.74) is 1.49. The lowest BCUT2D eigenvalue weighted by Gasteiger charge is -2.34. The normalized spacial score (nSPS) is 25.2. The summed E-state index contributed by atoms with van der Waals surface area (Å²) in [6, 6.07) is 10.4. The van der Waals surface area contributed by atoms with E-state index in [1.165, 1.54) is 5.56 Å². The van der Waals surface area contributed by atoms with Crippen LogP contribution in [0, 0.1) is 5.41 Å². The maximum atomic E-state index is 11.7. The second-order valence-corrected chi connectivity index (χ2v) is 5.40. The van der Waals surface area contributed by atoms with Gasteiger partial charge in [-0.05, 0) is 23.3 Å². The van der Waals surface area contributed by atoms with E-state index in [1.54, 1.807) is 0 Å². The van der Waals surface area contributed by atoms with E-state index in [0.717, 1.165) is 19.3 Å². The molecular formula is C14H18O. The highest BCUT2D eigenvalue weighted by Gasteiger charge is 2.33. The van der Waals surface area contributed by atoms with Gasteiger partial charge in [0.1, 0.15) is 5.78 Å². The summed E-state index contributed by atoms with van der Waals surface area (Å²) < 4.78 is 0. The Kier molecular flexibility index (Phi) is 2.64. The van der Waals surface area contributed by atoms with Crippen molar-refractivity contribution < 1.29 is 4.79 Å². The van der Waals surface area contributed by atoms with Gasteiger partial charge >= 0.3 is 0 Å². The standard InChI is InChI=1S/C14H18O/c1-14(2)9-12(8-13(15)10-14)11-6-4-3-5-7-11/h3-7,12H,8-10H2,1-2H3. The molecule has 1 heteroatoms. The molecule has 0 saturated heterocycles. The van der Waals surface area contributed by atoms with Gasteiger partial charge in [0.05, 0.1) is 0 Å². The molecule has 1 fully saturated rings. The summed E-state index contributed by atoms with van der Waals surface area (Å²) in [5.74, 6) is 0.850. The molecule has 1 atom stereocenters. The lowest BCUT2D eigenvalue weighted by Crippen LogP contribution is -2.27. The molecule has 1 unspecified atom stereocenters. The largest absolute Gasteiger partial charge is 0.300 e. The molecule has 1 aromatic rings. The molecule has 80 valence electrons.